The third-order valence-electron chi connectivity index (χ3n) is 3.56. The van der Waals surface area contributed by atoms with Crippen LogP contribution in [0.5, 0.6) is 0 Å². The van der Waals surface area contributed by atoms with Crippen LogP contribution in [0.2, 0.25) is 0 Å². The molecule has 6 nitrogen and oxygen atoms in total. The summed E-state index contributed by atoms with van der Waals surface area (Å²) in [6.07, 6.45) is 1.86. The second-order valence-electron chi connectivity index (χ2n) is 4.92. The Kier molecular flexibility index (Phi) is 3.80. The molecule has 1 aliphatic heterocycles. The summed E-state index contributed by atoms with van der Waals surface area (Å²) in [7, 11) is -1.85. The molecule has 0 amide bonds. The normalized spacial score (nSPS) is 27.4. The fraction of sp³-hybridized carbons (Fsp3) is 0.583. The second kappa shape index (κ2) is 5.07. The maximum atomic E-state index is 12.3. The Morgan fingerprint density at radius 1 is 1.47 bits per heavy atom. The molecule has 0 aliphatic carbocycles. The van der Waals surface area contributed by atoms with Crippen LogP contribution in [0.15, 0.2) is 23.2 Å². The van der Waals surface area contributed by atoms with Gasteiger partial charge in [-0.2, -0.15) is 0 Å². The van der Waals surface area contributed by atoms with Gasteiger partial charge >= 0.3 is 0 Å². The van der Waals surface area contributed by atoms with Crippen molar-refractivity contribution in [2.75, 3.05) is 19.0 Å². The third kappa shape index (κ3) is 2.88. The maximum Gasteiger partial charge on any atom is 0.242 e. The number of anilines is 1. The van der Waals surface area contributed by atoms with Gasteiger partial charge in [0.15, 0.2) is 0 Å². The number of sulfonamides is 1. The number of pyridine rings is 1. The van der Waals surface area contributed by atoms with Crippen LogP contribution in [-0.4, -0.2) is 38.7 Å². The van der Waals surface area contributed by atoms with Crippen molar-refractivity contribution in [1.82, 2.24) is 9.71 Å². The molecule has 7 heteroatoms. The molecule has 0 aromatic carbocycles. The predicted molar refractivity (Wildman–Crippen MR) is 72.5 cm³/mol. The summed E-state index contributed by atoms with van der Waals surface area (Å²) in [6, 6.07) is 3.16. The molecular formula is C12H19N3O3S. The summed E-state index contributed by atoms with van der Waals surface area (Å²) in [5, 5.41) is 2.85. The highest BCUT2D eigenvalue weighted by Crippen LogP contribution is 2.27. The van der Waals surface area contributed by atoms with Gasteiger partial charge in [-0.25, -0.2) is 18.1 Å². The molecule has 1 aliphatic rings. The summed E-state index contributed by atoms with van der Waals surface area (Å²) in [5.41, 5.74) is -0.569. The van der Waals surface area contributed by atoms with E-state index in [0.717, 1.165) is 0 Å². The van der Waals surface area contributed by atoms with Crippen molar-refractivity contribution < 1.29 is 13.2 Å². The van der Waals surface area contributed by atoms with Crippen LogP contribution in [0.25, 0.3) is 0 Å². The highest BCUT2D eigenvalue weighted by atomic mass is 32.2. The van der Waals surface area contributed by atoms with Gasteiger partial charge in [-0.05, 0) is 32.4 Å². The molecule has 1 aromatic rings. The number of nitrogens with zero attached hydrogens (tertiary/aromatic N) is 1. The van der Waals surface area contributed by atoms with Crippen LogP contribution >= 0.6 is 0 Å². The second-order valence-corrected chi connectivity index (χ2v) is 6.60. The molecule has 0 bridgehead atoms. The van der Waals surface area contributed by atoms with Gasteiger partial charge in [0.2, 0.25) is 10.0 Å². The van der Waals surface area contributed by atoms with E-state index >= 15 is 0 Å². The zero-order valence-electron chi connectivity index (χ0n) is 11.3. The number of nitrogens with one attached hydrogen (secondary N) is 2. The van der Waals surface area contributed by atoms with E-state index in [2.05, 4.69) is 15.0 Å². The molecular weight excluding hydrogens is 266 g/mol. The first-order valence-electron chi connectivity index (χ1n) is 6.17. The standard InChI is InChI=1S/C12H19N3O3S/c1-9-12(2,6-7-18-9)15-19(16,17)10-4-5-11(13-3)14-8-10/h4-5,8-9,15H,6-7H2,1-3H3,(H,13,14). The molecule has 19 heavy (non-hydrogen) atoms. The number of rotatable bonds is 4. The highest BCUT2D eigenvalue weighted by molar-refractivity contribution is 7.89. The Hall–Kier alpha value is -1.18. The largest absolute Gasteiger partial charge is 0.376 e. The number of hydrogen-bond acceptors (Lipinski definition) is 5. The van der Waals surface area contributed by atoms with Crippen molar-refractivity contribution in [1.29, 1.82) is 0 Å². The van der Waals surface area contributed by atoms with Gasteiger partial charge in [-0.15, -0.1) is 0 Å². The topological polar surface area (TPSA) is 80.3 Å². The van der Waals surface area contributed by atoms with Crippen molar-refractivity contribution in [2.45, 2.75) is 36.8 Å². The van der Waals surface area contributed by atoms with Gasteiger partial charge in [-0.1, -0.05) is 0 Å². The molecule has 106 valence electrons. The molecule has 1 fully saturated rings. The van der Waals surface area contributed by atoms with E-state index in [1.165, 1.54) is 12.3 Å². The van der Waals surface area contributed by atoms with Crippen molar-refractivity contribution in [3.8, 4) is 0 Å². The molecule has 0 saturated carbocycles. The molecule has 2 unspecified atom stereocenters. The Balaban J connectivity index is 2.22. The lowest BCUT2D eigenvalue weighted by Crippen LogP contribution is -2.50. The number of aromatic nitrogens is 1. The van der Waals surface area contributed by atoms with E-state index in [-0.39, 0.29) is 11.0 Å². The SMILES string of the molecule is CNc1ccc(S(=O)(=O)NC2(C)CCOC2C)cn1. The van der Waals surface area contributed by atoms with E-state index in [1.54, 1.807) is 13.1 Å². The number of ether oxygens (including phenoxy) is 1. The lowest BCUT2D eigenvalue weighted by atomic mass is 9.97. The Morgan fingerprint density at radius 2 is 2.21 bits per heavy atom. The fourth-order valence-electron chi connectivity index (χ4n) is 2.02. The molecule has 2 atom stereocenters. The Labute approximate surface area is 113 Å². The first kappa shape index (κ1) is 14.2. The van der Waals surface area contributed by atoms with Crippen molar-refractivity contribution in [3.63, 3.8) is 0 Å². The van der Waals surface area contributed by atoms with Crippen LogP contribution in [-0.2, 0) is 14.8 Å². The minimum absolute atomic E-state index is 0.146. The lowest BCUT2D eigenvalue weighted by molar-refractivity contribution is 0.0957. The predicted octanol–water partition coefficient (Wildman–Crippen LogP) is 0.969. The molecule has 0 spiro atoms. The summed E-state index contributed by atoms with van der Waals surface area (Å²) >= 11 is 0. The van der Waals surface area contributed by atoms with Gasteiger partial charge in [0.1, 0.15) is 10.7 Å². The van der Waals surface area contributed by atoms with Gasteiger partial charge < -0.3 is 10.1 Å². The molecule has 1 aromatic heterocycles. The van der Waals surface area contributed by atoms with E-state index in [9.17, 15) is 8.42 Å². The summed E-state index contributed by atoms with van der Waals surface area (Å²) in [5.74, 6) is 0.628. The minimum atomic E-state index is -3.58. The average molecular weight is 285 g/mol. The van der Waals surface area contributed by atoms with Gasteiger partial charge in [-0.3, -0.25) is 0 Å². The van der Waals surface area contributed by atoms with Gasteiger partial charge in [0, 0.05) is 19.9 Å². The average Bonchev–Trinajstić information content (AvgIpc) is 2.68. The van der Waals surface area contributed by atoms with Crippen molar-refractivity contribution in [3.05, 3.63) is 18.3 Å². The van der Waals surface area contributed by atoms with Gasteiger partial charge in [0.25, 0.3) is 0 Å². The van der Waals surface area contributed by atoms with Crippen LogP contribution in [0.1, 0.15) is 20.3 Å². The van der Waals surface area contributed by atoms with E-state index in [4.69, 9.17) is 4.74 Å². The summed E-state index contributed by atoms with van der Waals surface area (Å²) in [6.45, 7) is 4.30. The Morgan fingerprint density at radius 3 is 2.68 bits per heavy atom. The smallest absolute Gasteiger partial charge is 0.242 e. The third-order valence-corrected chi connectivity index (χ3v) is 5.15. The maximum absolute atomic E-state index is 12.3. The van der Waals surface area contributed by atoms with E-state index in [1.807, 2.05) is 13.8 Å². The van der Waals surface area contributed by atoms with Crippen molar-refractivity contribution >= 4 is 15.8 Å². The van der Waals surface area contributed by atoms with Crippen LogP contribution in [0.4, 0.5) is 5.82 Å². The first-order chi connectivity index (χ1) is 8.87. The van der Waals surface area contributed by atoms with E-state index < -0.39 is 15.6 Å². The van der Waals surface area contributed by atoms with Crippen LogP contribution in [0.3, 0.4) is 0 Å². The molecule has 2 N–H and O–H groups in total. The quantitative estimate of drug-likeness (QED) is 0.861. The van der Waals surface area contributed by atoms with Crippen LogP contribution < -0.4 is 10.0 Å². The molecule has 0 radical (unpaired) electrons. The molecule has 1 saturated heterocycles. The highest BCUT2D eigenvalue weighted by Gasteiger charge is 2.40. The zero-order valence-corrected chi connectivity index (χ0v) is 12.1. The van der Waals surface area contributed by atoms with E-state index in [0.29, 0.717) is 18.8 Å². The van der Waals surface area contributed by atoms with Gasteiger partial charge in [0.05, 0.1) is 11.6 Å². The van der Waals surface area contributed by atoms with Crippen molar-refractivity contribution in [2.24, 2.45) is 0 Å². The first-order valence-corrected chi connectivity index (χ1v) is 7.65. The zero-order chi connectivity index (χ0) is 14.1. The Bertz CT molecular complexity index is 544. The summed E-state index contributed by atoms with van der Waals surface area (Å²) < 4.78 is 32.8. The lowest BCUT2D eigenvalue weighted by Gasteiger charge is -2.28. The fourth-order valence-corrected chi connectivity index (χ4v) is 3.46. The molecule has 2 rings (SSSR count). The monoisotopic (exact) mass is 285 g/mol. The number of hydrogen-bond donors (Lipinski definition) is 2. The minimum Gasteiger partial charge on any atom is -0.376 e. The molecule has 2 heterocycles. The summed E-state index contributed by atoms with van der Waals surface area (Å²) in [4.78, 5) is 4.18. The van der Waals surface area contributed by atoms with Crippen LogP contribution in [0, 0.1) is 0 Å².